The molecule has 0 aliphatic heterocycles. The second-order valence-corrected chi connectivity index (χ2v) is 7.07. The Morgan fingerprint density at radius 2 is 1.62 bits per heavy atom. The minimum absolute atomic E-state index is 0.0260. The van der Waals surface area contributed by atoms with Crippen LogP contribution in [0.3, 0.4) is 0 Å². The summed E-state index contributed by atoms with van der Waals surface area (Å²) in [5.74, 6) is -1.35. The van der Waals surface area contributed by atoms with Crippen molar-refractivity contribution in [3.8, 4) is 16.9 Å². The highest BCUT2D eigenvalue weighted by Gasteiger charge is 2.34. The van der Waals surface area contributed by atoms with Gasteiger partial charge in [0.2, 0.25) is 5.82 Å². The molecule has 0 fully saturated rings. The van der Waals surface area contributed by atoms with E-state index in [2.05, 4.69) is 25.3 Å². The fourth-order valence-corrected chi connectivity index (χ4v) is 3.13. The van der Waals surface area contributed by atoms with Crippen molar-refractivity contribution in [2.45, 2.75) is 19.1 Å². The molecule has 2 aromatic heterocycles. The van der Waals surface area contributed by atoms with Crippen molar-refractivity contribution < 1.29 is 31.1 Å². The number of benzene rings is 2. The number of halogens is 6. The molecule has 0 radical (unpaired) electrons. The zero-order chi connectivity index (χ0) is 24.3. The Kier molecular flexibility index (Phi) is 6.48. The van der Waals surface area contributed by atoms with Gasteiger partial charge in [-0.05, 0) is 35.4 Å². The SMILES string of the molecule is Fc1ccc(-c2cc(OCC(F)F)c3ncnc(NCc4cnc(C(F)(F)F)nc4)c3c2)cc1. The van der Waals surface area contributed by atoms with Gasteiger partial charge in [0.05, 0.1) is 0 Å². The summed E-state index contributed by atoms with van der Waals surface area (Å²) in [4.78, 5) is 14.9. The van der Waals surface area contributed by atoms with Crippen LogP contribution in [0.1, 0.15) is 11.4 Å². The summed E-state index contributed by atoms with van der Waals surface area (Å²) < 4.78 is 82.2. The Bertz CT molecular complexity index is 1280. The van der Waals surface area contributed by atoms with Gasteiger partial charge in [-0.3, -0.25) is 0 Å². The predicted molar refractivity (Wildman–Crippen MR) is 111 cm³/mol. The first-order chi connectivity index (χ1) is 16.2. The quantitative estimate of drug-likeness (QED) is 0.353. The molecule has 4 aromatic rings. The molecule has 6 nitrogen and oxygen atoms in total. The normalized spacial score (nSPS) is 11.7. The van der Waals surface area contributed by atoms with Crippen molar-refractivity contribution in [1.82, 2.24) is 19.9 Å². The lowest BCUT2D eigenvalue weighted by Gasteiger charge is -2.14. The highest BCUT2D eigenvalue weighted by atomic mass is 19.4. The molecule has 12 heteroatoms. The molecule has 4 rings (SSSR count). The smallest absolute Gasteiger partial charge is 0.451 e. The van der Waals surface area contributed by atoms with Crippen molar-refractivity contribution in [3.05, 3.63) is 72.3 Å². The van der Waals surface area contributed by atoms with E-state index in [1.807, 2.05) is 0 Å². The molecule has 0 saturated carbocycles. The van der Waals surface area contributed by atoms with Crippen molar-refractivity contribution in [2.75, 3.05) is 11.9 Å². The van der Waals surface area contributed by atoms with Gasteiger partial charge in [0.15, 0.2) is 0 Å². The number of nitrogens with one attached hydrogen (secondary N) is 1. The molecule has 176 valence electrons. The van der Waals surface area contributed by atoms with Crippen LogP contribution >= 0.6 is 0 Å². The lowest BCUT2D eigenvalue weighted by Crippen LogP contribution is -2.12. The molecule has 0 spiro atoms. The maximum Gasteiger partial charge on any atom is 0.451 e. The van der Waals surface area contributed by atoms with Crippen LogP contribution in [0.5, 0.6) is 5.75 Å². The van der Waals surface area contributed by atoms with Crippen LogP contribution in [-0.4, -0.2) is 33.0 Å². The number of hydrogen-bond acceptors (Lipinski definition) is 6. The average Bonchev–Trinajstić information content (AvgIpc) is 2.81. The van der Waals surface area contributed by atoms with E-state index in [-0.39, 0.29) is 23.6 Å². The molecule has 0 aliphatic rings. The van der Waals surface area contributed by atoms with Crippen molar-refractivity contribution in [1.29, 1.82) is 0 Å². The van der Waals surface area contributed by atoms with E-state index in [9.17, 15) is 26.3 Å². The van der Waals surface area contributed by atoms with Gasteiger partial charge in [0.25, 0.3) is 6.43 Å². The Morgan fingerprint density at radius 3 is 2.26 bits per heavy atom. The minimum Gasteiger partial charge on any atom is -0.485 e. The lowest BCUT2D eigenvalue weighted by atomic mass is 10.0. The molecule has 2 heterocycles. The number of anilines is 1. The van der Waals surface area contributed by atoms with Gasteiger partial charge >= 0.3 is 6.18 Å². The van der Waals surface area contributed by atoms with E-state index in [0.29, 0.717) is 22.1 Å². The first-order valence-electron chi connectivity index (χ1n) is 9.78. The van der Waals surface area contributed by atoms with Crippen LogP contribution in [0.25, 0.3) is 22.0 Å². The van der Waals surface area contributed by atoms with Crippen molar-refractivity contribution >= 4 is 16.7 Å². The number of aromatic nitrogens is 4. The number of nitrogens with zero attached hydrogens (tertiary/aromatic N) is 4. The maximum atomic E-state index is 13.3. The molecular weight excluding hydrogens is 464 g/mol. The van der Waals surface area contributed by atoms with Crippen LogP contribution in [0.4, 0.5) is 32.2 Å². The molecule has 0 bridgehead atoms. The number of ether oxygens (including phenoxy) is 1. The van der Waals surface area contributed by atoms with Gasteiger partial charge in [-0.1, -0.05) is 12.1 Å². The summed E-state index contributed by atoms with van der Waals surface area (Å²) in [5.41, 5.74) is 1.72. The molecule has 0 aliphatic carbocycles. The van der Waals surface area contributed by atoms with E-state index in [0.717, 1.165) is 12.4 Å². The number of alkyl halides is 5. The topological polar surface area (TPSA) is 72.8 Å². The summed E-state index contributed by atoms with van der Waals surface area (Å²) in [5, 5.41) is 3.37. The predicted octanol–water partition coefficient (Wildman–Crippen LogP) is 5.50. The van der Waals surface area contributed by atoms with Gasteiger partial charge in [-0.25, -0.2) is 33.1 Å². The van der Waals surface area contributed by atoms with Crippen LogP contribution in [0.15, 0.2) is 55.1 Å². The summed E-state index contributed by atoms with van der Waals surface area (Å²) in [6.07, 6.45) is -4.11. The van der Waals surface area contributed by atoms with Crippen LogP contribution in [-0.2, 0) is 12.7 Å². The fraction of sp³-hybridized carbons (Fsp3) is 0.182. The first-order valence-corrected chi connectivity index (χ1v) is 9.78. The average molecular weight is 479 g/mol. The monoisotopic (exact) mass is 479 g/mol. The first kappa shape index (κ1) is 23.2. The number of fused-ring (bicyclic) bond motifs is 1. The third-order valence-corrected chi connectivity index (χ3v) is 4.66. The Balaban J connectivity index is 1.69. The second-order valence-electron chi connectivity index (χ2n) is 7.07. The van der Waals surface area contributed by atoms with Gasteiger partial charge in [0.1, 0.15) is 35.8 Å². The van der Waals surface area contributed by atoms with Gasteiger partial charge in [0, 0.05) is 29.9 Å². The molecule has 34 heavy (non-hydrogen) atoms. The summed E-state index contributed by atoms with van der Waals surface area (Å²) in [6, 6.07) is 8.73. The molecule has 0 amide bonds. The number of rotatable bonds is 7. The van der Waals surface area contributed by atoms with Crippen LogP contribution < -0.4 is 10.1 Å². The summed E-state index contributed by atoms with van der Waals surface area (Å²) in [6.45, 7) is -0.837. The van der Waals surface area contributed by atoms with Gasteiger partial charge < -0.3 is 10.1 Å². The Labute approximate surface area is 188 Å². The molecule has 0 unspecified atom stereocenters. The second kappa shape index (κ2) is 9.49. The third kappa shape index (κ3) is 5.33. The number of hydrogen-bond donors (Lipinski definition) is 1. The third-order valence-electron chi connectivity index (χ3n) is 4.66. The van der Waals surface area contributed by atoms with E-state index < -0.39 is 30.9 Å². The van der Waals surface area contributed by atoms with Gasteiger partial charge in [-0.2, -0.15) is 13.2 Å². The van der Waals surface area contributed by atoms with Gasteiger partial charge in [-0.15, -0.1) is 0 Å². The lowest BCUT2D eigenvalue weighted by molar-refractivity contribution is -0.145. The van der Waals surface area contributed by atoms with E-state index in [1.165, 1.54) is 36.7 Å². The molecule has 2 aromatic carbocycles. The molecule has 1 N–H and O–H groups in total. The summed E-state index contributed by atoms with van der Waals surface area (Å²) >= 11 is 0. The van der Waals surface area contributed by atoms with E-state index >= 15 is 0 Å². The van der Waals surface area contributed by atoms with Crippen molar-refractivity contribution in [2.24, 2.45) is 0 Å². The highest BCUT2D eigenvalue weighted by Crippen LogP contribution is 2.34. The Morgan fingerprint density at radius 1 is 0.912 bits per heavy atom. The fourth-order valence-electron chi connectivity index (χ4n) is 3.13. The highest BCUT2D eigenvalue weighted by molar-refractivity contribution is 5.96. The zero-order valence-corrected chi connectivity index (χ0v) is 17.2. The van der Waals surface area contributed by atoms with E-state index in [1.54, 1.807) is 6.07 Å². The standard InChI is InChI=1S/C22H15F6N5O/c23-15-3-1-13(2-4-15)14-5-16-19(17(6-14)34-10-18(24)25)32-11-33-20(16)29-7-12-8-30-21(31-9-12)22(26,27)28/h1-6,8-9,11,18H,7,10H2,(H,29,32,33). The zero-order valence-electron chi connectivity index (χ0n) is 17.2. The van der Waals surface area contributed by atoms with Crippen LogP contribution in [0.2, 0.25) is 0 Å². The van der Waals surface area contributed by atoms with Crippen LogP contribution in [0, 0.1) is 5.82 Å². The molecule has 0 saturated heterocycles. The minimum atomic E-state index is -4.65. The van der Waals surface area contributed by atoms with E-state index in [4.69, 9.17) is 4.74 Å². The van der Waals surface area contributed by atoms with Crippen molar-refractivity contribution in [3.63, 3.8) is 0 Å². The largest absolute Gasteiger partial charge is 0.485 e. The molecule has 0 atom stereocenters. The maximum absolute atomic E-state index is 13.3. The summed E-state index contributed by atoms with van der Waals surface area (Å²) in [7, 11) is 0. The Hall–Kier alpha value is -3.96. The molecular formula is C22H15F6N5O.